The third-order valence-electron chi connectivity index (χ3n) is 3.33. The highest BCUT2D eigenvalue weighted by molar-refractivity contribution is 5.76. The van der Waals surface area contributed by atoms with E-state index in [1.165, 1.54) is 18.5 Å². The molecule has 4 nitrogen and oxygen atoms in total. The molecular formula is C16H19F2N3O. The van der Waals surface area contributed by atoms with Gasteiger partial charge in [0.15, 0.2) is 0 Å². The number of imidazole rings is 1. The second-order valence-corrected chi connectivity index (χ2v) is 6.27. The summed E-state index contributed by atoms with van der Waals surface area (Å²) in [4.78, 5) is 16.0. The van der Waals surface area contributed by atoms with E-state index in [2.05, 4.69) is 10.3 Å². The van der Waals surface area contributed by atoms with Gasteiger partial charge in [-0.3, -0.25) is 4.79 Å². The summed E-state index contributed by atoms with van der Waals surface area (Å²) < 4.78 is 28.8. The van der Waals surface area contributed by atoms with Crippen LogP contribution in [-0.4, -0.2) is 15.5 Å². The number of nitrogens with one attached hydrogen (secondary N) is 1. The first-order valence-corrected chi connectivity index (χ1v) is 6.97. The van der Waals surface area contributed by atoms with Crippen molar-refractivity contribution >= 4 is 5.91 Å². The maximum Gasteiger partial charge on any atom is 0.240 e. The van der Waals surface area contributed by atoms with Gasteiger partial charge in [0.05, 0.1) is 12.4 Å². The number of rotatable bonds is 4. The quantitative estimate of drug-likeness (QED) is 0.943. The van der Waals surface area contributed by atoms with Gasteiger partial charge in [-0.2, -0.15) is 0 Å². The van der Waals surface area contributed by atoms with Gasteiger partial charge in [0, 0.05) is 24.0 Å². The van der Waals surface area contributed by atoms with E-state index in [4.69, 9.17) is 0 Å². The minimum atomic E-state index is -0.664. The zero-order valence-electron chi connectivity index (χ0n) is 12.8. The molecule has 0 saturated heterocycles. The molecule has 0 aliphatic heterocycles. The molecule has 1 atom stereocenters. The van der Waals surface area contributed by atoms with E-state index in [1.54, 1.807) is 17.0 Å². The van der Waals surface area contributed by atoms with Crippen LogP contribution in [0.4, 0.5) is 8.78 Å². The first-order chi connectivity index (χ1) is 10.3. The van der Waals surface area contributed by atoms with Crippen molar-refractivity contribution in [2.45, 2.75) is 33.4 Å². The summed E-state index contributed by atoms with van der Waals surface area (Å²) >= 11 is 0. The monoisotopic (exact) mass is 307 g/mol. The molecule has 1 amide bonds. The molecule has 0 fully saturated rings. The summed E-state index contributed by atoms with van der Waals surface area (Å²) in [5.74, 6) is -1.57. The highest BCUT2D eigenvalue weighted by Crippen LogP contribution is 2.34. The Morgan fingerprint density at radius 3 is 2.64 bits per heavy atom. The molecule has 1 N–H and O–H groups in total. The zero-order chi connectivity index (χ0) is 16.3. The van der Waals surface area contributed by atoms with Crippen LogP contribution in [0.25, 0.3) is 0 Å². The average Bonchev–Trinajstić information content (AvgIpc) is 2.88. The summed E-state index contributed by atoms with van der Waals surface area (Å²) in [6, 6.07) is 2.83. The maximum atomic E-state index is 14.1. The summed E-state index contributed by atoms with van der Waals surface area (Å²) in [7, 11) is 0. The van der Waals surface area contributed by atoms with Gasteiger partial charge < -0.3 is 9.88 Å². The lowest BCUT2D eigenvalue weighted by molar-refractivity contribution is -0.123. The van der Waals surface area contributed by atoms with Crippen molar-refractivity contribution < 1.29 is 13.6 Å². The summed E-state index contributed by atoms with van der Waals surface area (Å²) in [6.07, 6.45) is 4.78. The number of nitrogens with zero attached hydrogens (tertiary/aromatic N) is 2. The second kappa shape index (κ2) is 6.25. The van der Waals surface area contributed by atoms with Crippen LogP contribution in [0.3, 0.4) is 0 Å². The van der Waals surface area contributed by atoms with E-state index in [9.17, 15) is 13.6 Å². The van der Waals surface area contributed by atoms with Crippen molar-refractivity contribution in [1.82, 2.24) is 14.9 Å². The summed E-state index contributed by atoms with van der Waals surface area (Å²) in [6.45, 7) is 5.75. The molecule has 1 aromatic heterocycles. The Bertz CT molecular complexity index is 648. The second-order valence-electron chi connectivity index (χ2n) is 6.27. The van der Waals surface area contributed by atoms with E-state index in [0.29, 0.717) is 0 Å². The lowest BCUT2D eigenvalue weighted by Gasteiger charge is -2.32. The standard InChI is InChI=1S/C16H19F2N3O/c1-16(2,3)15(12-5-4-11(17)8-13(12)18)20-14(22)9-21-7-6-19-10-21/h4-8,10,15H,9H2,1-3H3,(H,20,22)/t15-/m1/s1. The fourth-order valence-corrected chi connectivity index (χ4v) is 2.25. The SMILES string of the molecule is CC(C)(C)[C@H](NC(=O)Cn1ccnc1)c1ccc(F)cc1F. The average molecular weight is 307 g/mol. The Labute approximate surface area is 128 Å². The minimum Gasteiger partial charge on any atom is -0.347 e. The fourth-order valence-electron chi connectivity index (χ4n) is 2.25. The fraction of sp³-hybridized carbons (Fsp3) is 0.375. The highest BCUT2D eigenvalue weighted by Gasteiger charge is 2.30. The predicted molar refractivity (Wildman–Crippen MR) is 78.9 cm³/mol. The molecule has 2 aromatic rings. The third kappa shape index (κ3) is 3.90. The van der Waals surface area contributed by atoms with Gasteiger partial charge in [-0.05, 0) is 11.5 Å². The number of hydrogen-bond acceptors (Lipinski definition) is 2. The Morgan fingerprint density at radius 2 is 2.09 bits per heavy atom. The van der Waals surface area contributed by atoms with E-state index < -0.39 is 23.1 Å². The van der Waals surface area contributed by atoms with Crippen LogP contribution >= 0.6 is 0 Å². The van der Waals surface area contributed by atoms with E-state index >= 15 is 0 Å². The molecule has 0 saturated carbocycles. The van der Waals surface area contributed by atoms with Gasteiger partial charge in [-0.1, -0.05) is 26.8 Å². The Balaban J connectivity index is 2.21. The molecule has 0 spiro atoms. The molecule has 22 heavy (non-hydrogen) atoms. The van der Waals surface area contributed by atoms with Crippen molar-refractivity contribution in [3.63, 3.8) is 0 Å². The van der Waals surface area contributed by atoms with Gasteiger partial charge in [0.1, 0.15) is 18.2 Å². The molecule has 2 rings (SSSR count). The number of carbonyl (C=O) groups is 1. The number of carbonyl (C=O) groups excluding carboxylic acids is 1. The maximum absolute atomic E-state index is 14.1. The molecule has 0 unspecified atom stereocenters. The van der Waals surface area contributed by atoms with Crippen molar-refractivity contribution in [2.24, 2.45) is 5.41 Å². The van der Waals surface area contributed by atoms with Crippen LogP contribution in [0.5, 0.6) is 0 Å². The van der Waals surface area contributed by atoms with Crippen molar-refractivity contribution in [2.75, 3.05) is 0 Å². The molecule has 6 heteroatoms. The summed E-state index contributed by atoms with van der Waals surface area (Å²) in [5.41, 5.74) is -0.156. The lowest BCUT2D eigenvalue weighted by atomic mass is 9.82. The van der Waals surface area contributed by atoms with Crippen molar-refractivity contribution in [3.05, 3.63) is 54.1 Å². The Hall–Kier alpha value is -2.24. The molecule has 1 heterocycles. The molecule has 0 aliphatic carbocycles. The molecule has 0 bridgehead atoms. The Kier molecular flexibility index (Phi) is 4.59. The summed E-state index contributed by atoms with van der Waals surface area (Å²) in [5, 5.41) is 2.82. The third-order valence-corrected chi connectivity index (χ3v) is 3.33. The van der Waals surface area contributed by atoms with Crippen LogP contribution in [0.2, 0.25) is 0 Å². The van der Waals surface area contributed by atoms with Gasteiger partial charge >= 0.3 is 0 Å². The van der Waals surface area contributed by atoms with Crippen LogP contribution in [-0.2, 0) is 11.3 Å². The predicted octanol–water partition coefficient (Wildman–Crippen LogP) is 3.06. The van der Waals surface area contributed by atoms with E-state index in [-0.39, 0.29) is 18.0 Å². The molecule has 0 radical (unpaired) electrons. The number of hydrogen-bond donors (Lipinski definition) is 1. The number of halogens is 2. The van der Waals surface area contributed by atoms with Crippen LogP contribution < -0.4 is 5.32 Å². The molecule has 1 aromatic carbocycles. The molecule has 118 valence electrons. The zero-order valence-corrected chi connectivity index (χ0v) is 12.8. The van der Waals surface area contributed by atoms with Crippen molar-refractivity contribution in [3.8, 4) is 0 Å². The Morgan fingerprint density at radius 1 is 1.36 bits per heavy atom. The highest BCUT2D eigenvalue weighted by atomic mass is 19.1. The number of aromatic nitrogens is 2. The topological polar surface area (TPSA) is 46.9 Å². The number of amides is 1. The largest absolute Gasteiger partial charge is 0.347 e. The number of benzene rings is 1. The first kappa shape index (κ1) is 16.1. The van der Waals surface area contributed by atoms with Gasteiger partial charge in [-0.25, -0.2) is 13.8 Å². The smallest absolute Gasteiger partial charge is 0.240 e. The van der Waals surface area contributed by atoms with E-state index in [0.717, 1.165) is 6.07 Å². The van der Waals surface area contributed by atoms with Gasteiger partial charge in [-0.15, -0.1) is 0 Å². The van der Waals surface area contributed by atoms with Gasteiger partial charge in [0.2, 0.25) is 5.91 Å². The van der Waals surface area contributed by atoms with Crippen LogP contribution in [0, 0.1) is 17.0 Å². The minimum absolute atomic E-state index is 0.0927. The van der Waals surface area contributed by atoms with Crippen molar-refractivity contribution in [1.29, 1.82) is 0 Å². The first-order valence-electron chi connectivity index (χ1n) is 6.97. The van der Waals surface area contributed by atoms with Crippen LogP contribution in [0.1, 0.15) is 32.4 Å². The van der Waals surface area contributed by atoms with Gasteiger partial charge in [0.25, 0.3) is 0 Å². The normalized spacial score (nSPS) is 13.0. The molecule has 0 aliphatic rings. The molecular weight excluding hydrogens is 288 g/mol. The van der Waals surface area contributed by atoms with Crippen LogP contribution in [0.15, 0.2) is 36.9 Å². The van der Waals surface area contributed by atoms with E-state index in [1.807, 2.05) is 20.8 Å². The lowest BCUT2D eigenvalue weighted by Crippen LogP contribution is -2.38.